The molecule has 0 aliphatic carbocycles. The molecule has 0 amide bonds. The zero-order valence-electron chi connectivity index (χ0n) is 5.36. The van der Waals surface area contributed by atoms with Crippen molar-refractivity contribution in [2.75, 3.05) is 0 Å². The average molecular weight is 127 g/mol. The molecule has 1 aliphatic rings. The Morgan fingerprint density at radius 2 is 1.75 bits per heavy atom. The Morgan fingerprint density at radius 3 is 1.75 bits per heavy atom. The van der Waals surface area contributed by atoms with Crippen molar-refractivity contribution in [3.05, 3.63) is 0 Å². The van der Waals surface area contributed by atoms with Crippen LogP contribution in [0.1, 0.15) is 20.8 Å². The Labute approximate surface area is 54.1 Å². The standard InChI is InChI=1S/C6H9NS/c1-5(2)6(3,4-7)8-5/h1-3H3/t6-/m1/s1. The van der Waals surface area contributed by atoms with E-state index in [1.807, 2.05) is 6.92 Å². The van der Waals surface area contributed by atoms with Crippen LogP contribution in [0.2, 0.25) is 0 Å². The van der Waals surface area contributed by atoms with Gasteiger partial charge in [-0.15, -0.1) is 11.8 Å². The van der Waals surface area contributed by atoms with E-state index in [-0.39, 0.29) is 9.49 Å². The first-order valence-corrected chi connectivity index (χ1v) is 3.45. The lowest BCUT2D eigenvalue weighted by Crippen LogP contribution is -2.12. The summed E-state index contributed by atoms with van der Waals surface area (Å²) < 4.78 is 0.120. The summed E-state index contributed by atoms with van der Waals surface area (Å²) >= 11 is 1.73. The highest BCUT2D eigenvalue weighted by atomic mass is 32.2. The molecule has 1 saturated heterocycles. The molecule has 0 unspecified atom stereocenters. The number of hydrogen-bond donors (Lipinski definition) is 0. The van der Waals surface area contributed by atoms with E-state index in [9.17, 15) is 0 Å². The van der Waals surface area contributed by atoms with Gasteiger partial charge in [-0.3, -0.25) is 0 Å². The SMILES string of the molecule is CC1(C)S[C@]1(C)C#N. The van der Waals surface area contributed by atoms with E-state index < -0.39 is 0 Å². The van der Waals surface area contributed by atoms with Gasteiger partial charge in [-0.1, -0.05) is 0 Å². The first-order chi connectivity index (χ1) is 3.52. The Bertz CT molecular complexity index is 156. The highest BCUT2D eigenvalue weighted by Crippen LogP contribution is 2.62. The molecular weight excluding hydrogens is 118 g/mol. The molecule has 0 radical (unpaired) electrons. The lowest BCUT2D eigenvalue weighted by molar-refractivity contribution is 0.713. The van der Waals surface area contributed by atoms with Crippen LogP contribution in [-0.4, -0.2) is 9.49 Å². The van der Waals surface area contributed by atoms with Gasteiger partial charge in [0.15, 0.2) is 0 Å². The molecule has 0 N–H and O–H groups in total. The molecule has 1 atom stereocenters. The van der Waals surface area contributed by atoms with Crippen LogP contribution in [0.25, 0.3) is 0 Å². The second-order valence-electron chi connectivity index (χ2n) is 2.76. The van der Waals surface area contributed by atoms with E-state index in [1.54, 1.807) is 11.8 Å². The quantitative estimate of drug-likeness (QED) is 0.463. The Morgan fingerprint density at radius 1 is 1.38 bits per heavy atom. The minimum atomic E-state index is -0.0903. The lowest BCUT2D eigenvalue weighted by atomic mass is 10.0. The number of nitrogens with zero attached hydrogens (tertiary/aromatic N) is 1. The van der Waals surface area contributed by atoms with E-state index in [1.165, 1.54) is 0 Å². The van der Waals surface area contributed by atoms with Gasteiger partial charge in [0.05, 0.1) is 6.07 Å². The van der Waals surface area contributed by atoms with Crippen LogP contribution in [0.5, 0.6) is 0 Å². The van der Waals surface area contributed by atoms with Crippen molar-refractivity contribution < 1.29 is 0 Å². The fourth-order valence-electron chi connectivity index (χ4n) is 0.642. The zero-order valence-corrected chi connectivity index (χ0v) is 6.17. The molecule has 1 nitrogen and oxygen atoms in total. The fraction of sp³-hybridized carbons (Fsp3) is 0.833. The van der Waals surface area contributed by atoms with Gasteiger partial charge < -0.3 is 0 Å². The molecule has 0 bridgehead atoms. The number of thioether (sulfide) groups is 1. The van der Waals surface area contributed by atoms with Gasteiger partial charge >= 0.3 is 0 Å². The predicted molar refractivity (Wildman–Crippen MR) is 35.7 cm³/mol. The van der Waals surface area contributed by atoms with Gasteiger partial charge in [0, 0.05) is 4.75 Å². The third-order valence-electron chi connectivity index (χ3n) is 1.78. The van der Waals surface area contributed by atoms with E-state index in [0.29, 0.717) is 0 Å². The number of hydrogen-bond acceptors (Lipinski definition) is 2. The first-order valence-electron chi connectivity index (χ1n) is 2.63. The average Bonchev–Trinajstić information content (AvgIpc) is 2.10. The summed E-state index contributed by atoms with van der Waals surface area (Å²) in [6, 6.07) is 2.27. The Kier molecular flexibility index (Phi) is 0.908. The molecule has 0 saturated carbocycles. The van der Waals surface area contributed by atoms with Crippen LogP contribution in [0.15, 0.2) is 0 Å². The second kappa shape index (κ2) is 1.22. The summed E-state index contributed by atoms with van der Waals surface area (Å²) in [5.41, 5.74) is 0. The van der Waals surface area contributed by atoms with Gasteiger partial charge in [-0.25, -0.2) is 0 Å². The zero-order chi connectivity index (χ0) is 6.41. The highest BCUT2D eigenvalue weighted by molar-refractivity contribution is 8.09. The maximum absolute atomic E-state index is 8.53. The summed E-state index contributed by atoms with van der Waals surface area (Å²) in [4.78, 5) is 0. The van der Waals surface area contributed by atoms with Gasteiger partial charge in [0.2, 0.25) is 0 Å². The molecule has 0 aromatic carbocycles. The molecule has 0 spiro atoms. The predicted octanol–water partition coefficient (Wildman–Crippen LogP) is 1.79. The van der Waals surface area contributed by atoms with E-state index >= 15 is 0 Å². The monoisotopic (exact) mass is 127 g/mol. The van der Waals surface area contributed by atoms with Gasteiger partial charge in [0.25, 0.3) is 0 Å². The minimum Gasteiger partial charge on any atom is -0.197 e. The first kappa shape index (κ1) is 5.97. The van der Waals surface area contributed by atoms with Gasteiger partial charge in [0.1, 0.15) is 4.75 Å². The van der Waals surface area contributed by atoms with Crippen LogP contribution < -0.4 is 0 Å². The van der Waals surface area contributed by atoms with E-state index in [0.717, 1.165) is 0 Å². The molecular formula is C6H9NS. The molecule has 8 heavy (non-hydrogen) atoms. The van der Waals surface area contributed by atoms with E-state index in [2.05, 4.69) is 19.9 Å². The minimum absolute atomic E-state index is 0.0903. The largest absolute Gasteiger partial charge is 0.197 e. The van der Waals surface area contributed by atoms with Crippen LogP contribution in [0, 0.1) is 11.3 Å². The Balaban J connectivity index is 2.72. The number of rotatable bonds is 0. The highest BCUT2D eigenvalue weighted by Gasteiger charge is 2.59. The smallest absolute Gasteiger partial charge is 0.114 e. The van der Waals surface area contributed by atoms with Crippen LogP contribution in [0.3, 0.4) is 0 Å². The topological polar surface area (TPSA) is 23.8 Å². The molecule has 44 valence electrons. The maximum atomic E-state index is 8.53. The van der Waals surface area contributed by atoms with Crippen molar-refractivity contribution in [3.63, 3.8) is 0 Å². The normalized spacial score (nSPS) is 40.8. The van der Waals surface area contributed by atoms with Crippen LogP contribution >= 0.6 is 11.8 Å². The molecule has 1 rings (SSSR count). The van der Waals surface area contributed by atoms with Crippen molar-refractivity contribution in [3.8, 4) is 6.07 Å². The van der Waals surface area contributed by atoms with Crippen molar-refractivity contribution >= 4 is 11.8 Å². The van der Waals surface area contributed by atoms with Gasteiger partial charge in [-0.2, -0.15) is 5.26 Å². The second-order valence-corrected chi connectivity index (χ2v) is 4.80. The molecule has 2 heteroatoms. The van der Waals surface area contributed by atoms with Crippen LogP contribution in [0.4, 0.5) is 0 Å². The van der Waals surface area contributed by atoms with Crippen molar-refractivity contribution in [1.29, 1.82) is 5.26 Å². The third-order valence-corrected chi connectivity index (χ3v) is 3.50. The molecule has 0 aromatic heterocycles. The lowest BCUT2D eigenvalue weighted by Gasteiger charge is -1.97. The molecule has 1 heterocycles. The van der Waals surface area contributed by atoms with Gasteiger partial charge in [-0.05, 0) is 20.8 Å². The summed E-state index contributed by atoms with van der Waals surface area (Å²) in [7, 11) is 0. The maximum Gasteiger partial charge on any atom is 0.114 e. The summed E-state index contributed by atoms with van der Waals surface area (Å²) in [6.45, 7) is 6.18. The molecule has 1 fully saturated rings. The van der Waals surface area contributed by atoms with Crippen molar-refractivity contribution in [2.24, 2.45) is 0 Å². The van der Waals surface area contributed by atoms with Crippen molar-refractivity contribution in [1.82, 2.24) is 0 Å². The summed E-state index contributed by atoms with van der Waals surface area (Å²) in [6.07, 6.45) is 0. The summed E-state index contributed by atoms with van der Waals surface area (Å²) in [5, 5.41) is 8.53. The van der Waals surface area contributed by atoms with E-state index in [4.69, 9.17) is 5.26 Å². The molecule has 0 aromatic rings. The van der Waals surface area contributed by atoms with Crippen LogP contribution in [-0.2, 0) is 0 Å². The fourth-order valence-corrected chi connectivity index (χ4v) is 1.70. The Hall–Kier alpha value is -0.160. The molecule has 1 aliphatic heterocycles. The number of nitriles is 1. The van der Waals surface area contributed by atoms with Crippen molar-refractivity contribution in [2.45, 2.75) is 30.3 Å². The summed E-state index contributed by atoms with van der Waals surface area (Å²) in [5.74, 6) is 0. The third kappa shape index (κ3) is 0.545.